The molecule has 0 aliphatic rings. The number of fused-ring (bicyclic) bond motifs is 2. The van der Waals surface area contributed by atoms with Crippen molar-refractivity contribution >= 4 is 44.3 Å². The first kappa shape index (κ1) is 11.9. The van der Waals surface area contributed by atoms with Gasteiger partial charge >= 0.3 is 0 Å². The number of halogens is 1. The zero-order chi connectivity index (χ0) is 13.2. The number of pyridine rings is 1. The molecule has 19 heavy (non-hydrogen) atoms. The van der Waals surface area contributed by atoms with Gasteiger partial charge in [-0.3, -0.25) is 4.79 Å². The predicted octanol–water partition coefficient (Wildman–Crippen LogP) is 3.57. The Kier molecular flexibility index (Phi) is 3.05. The first-order valence-corrected chi connectivity index (χ1v) is 6.32. The first-order valence-electron chi connectivity index (χ1n) is 5.95. The number of nitrogens with zero attached hydrogens (tertiary/aromatic N) is 1. The number of carbonyl (C=O) groups excluding carboxylic acids is 1. The number of rotatable bonds is 3. The Bertz CT molecular complexity index is 770. The number of hydrogen-bond donors (Lipinski definition) is 1. The van der Waals surface area contributed by atoms with Crippen LogP contribution in [0.1, 0.15) is 0 Å². The Morgan fingerprint density at radius 1 is 1.11 bits per heavy atom. The summed E-state index contributed by atoms with van der Waals surface area (Å²) in [5.74, 6) is 0. The second kappa shape index (κ2) is 4.86. The fourth-order valence-electron chi connectivity index (χ4n) is 2.12. The quantitative estimate of drug-likeness (QED) is 0.584. The van der Waals surface area contributed by atoms with E-state index >= 15 is 0 Å². The summed E-state index contributed by atoms with van der Waals surface area (Å²) in [5.41, 5.74) is 2.72. The Labute approximate surface area is 115 Å². The largest absolute Gasteiger partial charge is 0.376 e. The minimum atomic E-state index is -0.411. The molecular formula is C15H11ClN2O. The topological polar surface area (TPSA) is 42.0 Å². The second-order valence-electron chi connectivity index (χ2n) is 4.26. The minimum absolute atomic E-state index is 0.105. The van der Waals surface area contributed by atoms with Crippen LogP contribution in [0.5, 0.6) is 0 Å². The van der Waals surface area contributed by atoms with Gasteiger partial charge in [-0.2, -0.15) is 0 Å². The van der Waals surface area contributed by atoms with Crippen molar-refractivity contribution in [3.05, 3.63) is 48.5 Å². The molecule has 0 radical (unpaired) electrons. The van der Waals surface area contributed by atoms with Crippen molar-refractivity contribution in [2.75, 3.05) is 11.9 Å². The zero-order valence-electron chi connectivity index (χ0n) is 10.1. The molecule has 1 heterocycles. The van der Waals surface area contributed by atoms with Gasteiger partial charge in [-0.1, -0.05) is 24.3 Å². The van der Waals surface area contributed by atoms with Gasteiger partial charge in [0.05, 0.1) is 17.6 Å². The van der Waals surface area contributed by atoms with E-state index in [2.05, 4.69) is 16.4 Å². The lowest BCUT2D eigenvalue weighted by atomic mass is 10.1. The number of hydrogen-bond acceptors (Lipinski definition) is 3. The Balaban J connectivity index is 2.17. The summed E-state index contributed by atoms with van der Waals surface area (Å²) in [6, 6.07) is 15.8. The fraction of sp³-hybridized carbons (Fsp3) is 0.0667. The molecule has 0 unspecified atom stereocenters. The van der Waals surface area contributed by atoms with E-state index < -0.39 is 5.24 Å². The maximum atomic E-state index is 10.9. The average Bonchev–Trinajstić information content (AvgIpc) is 2.42. The van der Waals surface area contributed by atoms with Crippen molar-refractivity contribution < 1.29 is 4.79 Å². The van der Waals surface area contributed by atoms with Crippen LogP contribution in [0.15, 0.2) is 48.5 Å². The van der Waals surface area contributed by atoms with Gasteiger partial charge in [-0.25, -0.2) is 4.98 Å². The van der Waals surface area contributed by atoms with Gasteiger partial charge in [-0.15, -0.1) is 0 Å². The normalized spacial score (nSPS) is 10.8. The molecule has 0 saturated heterocycles. The van der Waals surface area contributed by atoms with Crippen molar-refractivity contribution in [3.8, 4) is 0 Å². The highest BCUT2D eigenvalue weighted by Gasteiger charge is 2.05. The van der Waals surface area contributed by atoms with Crippen molar-refractivity contribution in [3.63, 3.8) is 0 Å². The number of para-hydroxylation sites is 1. The zero-order valence-corrected chi connectivity index (χ0v) is 10.8. The summed E-state index contributed by atoms with van der Waals surface area (Å²) in [4.78, 5) is 15.5. The van der Waals surface area contributed by atoms with E-state index in [0.717, 1.165) is 27.5 Å². The van der Waals surface area contributed by atoms with Crippen LogP contribution in [0.25, 0.3) is 21.8 Å². The van der Waals surface area contributed by atoms with Gasteiger partial charge < -0.3 is 5.32 Å². The van der Waals surface area contributed by atoms with Gasteiger partial charge in [-0.05, 0) is 35.9 Å². The summed E-state index contributed by atoms with van der Waals surface area (Å²) in [6.07, 6.45) is 0. The van der Waals surface area contributed by atoms with Crippen molar-refractivity contribution in [2.45, 2.75) is 0 Å². The molecule has 1 N–H and O–H groups in total. The lowest BCUT2D eigenvalue weighted by molar-refractivity contribution is -0.110. The Morgan fingerprint density at radius 2 is 1.89 bits per heavy atom. The lowest BCUT2D eigenvalue weighted by Crippen LogP contribution is -2.08. The van der Waals surface area contributed by atoms with Crippen LogP contribution in [0, 0.1) is 0 Å². The number of aromatic nitrogens is 1. The number of benzene rings is 2. The van der Waals surface area contributed by atoms with Crippen LogP contribution >= 0.6 is 11.6 Å². The van der Waals surface area contributed by atoms with Gasteiger partial charge in [0.25, 0.3) is 0 Å². The van der Waals surface area contributed by atoms with Crippen LogP contribution in [-0.2, 0) is 4.79 Å². The third-order valence-corrected chi connectivity index (χ3v) is 3.11. The number of anilines is 1. The van der Waals surface area contributed by atoms with Crippen LogP contribution in [0.2, 0.25) is 0 Å². The van der Waals surface area contributed by atoms with Gasteiger partial charge in [0.2, 0.25) is 5.24 Å². The third-order valence-electron chi connectivity index (χ3n) is 2.98. The molecular weight excluding hydrogens is 260 g/mol. The highest BCUT2D eigenvalue weighted by Crippen LogP contribution is 2.25. The van der Waals surface area contributed by atoms with Crippen molar-refractivity contribution in [1.82, 2.24) is 4.98 Å². The van der Waals surface area contributed by atoms with E-state index in [4.69, 9.17) is 11.6 Å². The summed E-state index contributed by atoms with van der Waals surface area (Å²) in [7, 11) is 0. The molecule has 3 nitrogen and oxygen atoms in total. The van der Waals surface area contributed by atoms with Crippen LogP contribution in [0.3, 0.4) is 0 Å². The smallest absolute Gasteiger partial charge is 0.240 e. The highest BCUT2D eigenvalue weighted by atomic mass is 35.5. The average molecular weight is 271 g/mol. The predicted molar refractivity (Wildman–Crippen MR) is 78.6 cm³/mol. The maximum absolute atomic E-state index is 10.9. The lowest BCUT2D eigenvalue weighted by Gasteiger charge is -2.08. The molecule has 0 aliphatic carbocycles. The molecule has 0 amide bonds. The standard InChI is InChI=1S/C15H11ClN2O/c16-15(19)9-17-13-6-3-7-14-11(13)8-10-4-1-2-5-12(10)18-14/h1-8,17H,9H2. The van der Waals surface area contributed by atoms with Gasteiger partial charge in [0.1, 0.15) is 0 Å². The molecule has 0 aliphatic heterocycles. The molecule has 1 aromatic heterocycles. The van der Waals surface area contributed by atoms with E-state index in [1.54, 1.807) is 0 Å². The molecule has 3 rings (SSSR count). The van der Waals surface area contributed by atoms with E-state index in [0.29, 0.717) is 0 Å². The Hall–Kier alpha value is -2.13. The van der Waals surface area contributed by atoms with Crippen LogP contribution in [-0.4, -0.2) is 16.8 Å². The minimum Gasteiger partial charge on any atom is -0.376 e. The van der Waals surface area contributed by atoms with E-state index in [-0.39, 0.29) is 6.54 Å². The molecule has 4 heteroatoms. The maximum Gasteiger partial charge on any atom is 0.240 e. The molecule has 2 aromatic carbocycles. The van der Waals surface area contributed by atoms with Crippen LogP contribution < -0.4 is 5.32 Å². The summed E-state index contributed by atoms with van der Waals surface area (Å²) in [6.45, 7) is 0.105. The SMILES string of the molecule is O=C(Cl)CNc1cccc2nc3ccccc3cc12. The molecule has 0 spiro atoms. The monoisotopic (exact) mass is 270 g/mol. The van der Waals surface area contributed by atoms with Crippen LogP contribution in [0.4, 0.5) is 5.69 Å². The molecule has 0 bridgehead atoms. The van der Waals surface area contributed by atoms with Crippen molar-refractivity contribution in [1.29, 1.82) is 0 Å². The third kappa shape index (κ3) is 2.37. The molecule has 94 valence electrons. The van der Waals surface area contributed by atoms with Crippen molar-refractivity contribution in [2.24, 2.45) is 0 Å². The van der Waals surface area contributed by atoms with Gasteiger partial charge in [0, 0.05) is 16.5 Å². The van der Waals surface area contributed by atoms with E-state index in [1.807, 2.05) is 42.5 Å². The molecule has 3 aromatic rings. The van der Waals surface area contributed by atoms with E-state index in [1.165, 1.54) is 0 Å². The number of carbonyl (C=O) groups is 1. The first-order chi connectivity index (χ1) is 9.24. The number of nitrogens with one attached hydrogen (secondary N) is 1. The fourth-order valence-corrected chi connectivity index (χ4v) is 2.18. The second-order valence-corrected chi connectivity index (χ2v) is 4.68. The molecule has 0 saturated carbocycles. The van der Waals surface area contributed by atoms with E-state index in [9.17, 15) is 4.79 Å². The summed E-state index contributed by atoms with van der Waals surface area (Å²) in [5, 5.41) is 4.68. The molecule has 0 atom stereocenters. The Morgan fingerprint density at radius 3 is 2.74 bits per heavy atom. The molecule has 0 fully saturated rings. The highest BCUT2D eigenvalue weighted by molar-refractivity contribution is 6.64. The summed E-state index contributed by atoms with van der Waals surface area (Å²) >= 11 is 5.36. The summed E-state index contributed by atoms with van der Waals surface area (Å²) < 4.78 is 0. The van der Waals surface area contributed by atoms with Gasteiger partial charge in [0.15, 0.2) is 0 Å².